The van der Waals surface area contributed by atoms with Crippen LogP contribution in [-0.2, 0) is 13.2 Å². The van der Waals surface area contributed by atoms with Crippen molar-refractivity contribution in [3.63, 3.8) is 0 Å². The van der Waals surface area contributed by atoms with Crippen LogP contribution >= 0.6 is 11.6 Å². The van der Waals surface area contributed by atoms with Crippen LogP contribution in [0.25, 0.3) is 0 Å². The van der Waals surface area contributed by atoms with Crippen molar-refractivity contribution in [1.29, 1.82) is 0 Å². The highest BCUT2D eigenvalue weighted by Crippen LogP contribution is 2.24. The van der Waals surface area contributed by atoms with Gasteiger partial charge in [0.15, 0.2) is 10.9 Å². The molecule has 0 aliphatic heterocycles. The Labute approximate surface area is 99.6 Å². The Morgan fingerprint density at radius 1 is 1.31 bits per heavy atom. The normalized spacial score (nSPS) is 10.4. The van der Waals surface area contributed by atoms with E-state index in [1.165, 1.54) is 0 Å². The Morgan fingerprint density at radius 3 is 2.69 bits per heavy atom. The monoisotopic (exact) mass is 236 g/mol. The van der Waals surface area contributed by atoms with Crippen LogP contribution < -0.4 is 4.74 Å². The second-order valence-electron chi connectivity index (χ2n) is 3.39. The summed E-state index contributed by atoms with van der Waals surface area (Å²) in [7, 11) is 0. The third kappa shape index (κ3) is 2.36. The van der Waals surface area contributed by atoms with Crippen LogP contribution in [0.2, 0.25) is 5.15 Å². The quantitative estimate of drug-likeness (QED) is 0.816. The fraction of sp³-hybridized carbons (Fsp3) is 0.250. The first kappa shape index (κ1) is 11.0. The first-order valence-electron chi connectivity index (χ1n) is 5.19. The minimum Gasteiger partial charge on any atom is -0.484 e. The van der Waals surface area contributed by atoms with E-state index in [1.807, 2.05) is 37.3 Å². The number of hydrogen-bond donors (Lipinski definition) is 0. The van der Waals surface area contributed by atoms with Gasteiger partial charge in [0, 0.05) is 6.54 Å². The molecular weight excluding hydrogens is 224 g/mol. The van der Waals surface area contributed by atoms with Crippen LogP contribution in [0.15, 0.2) is 36.5 Å². The Morgan fingerprint density at radius 2 is 2.06 bits per heavy atom. The Bertz CT molecular complexity index is 453. The second-order valence-corrected chi connectivity index (χ2v) is 3.75. The van der Waals surface area contributed by atoms with E-state index in [2.05, 4.69) is 5.10 Å². The summed E-state index contributed by atoms with van der Waals surface area (Å²) < 4.78 is 7.29. The average Bonchev–Trinajstić information content (AvgIpc) is 2.69. The van der Waals surface area contributed by atoms with Gasteiger partial charge in [-0.2, -0.15) is 5.10 Å². The van der Waals surface area contributed by atoms with Gasteiger partial charge in [-0.05, 0) is 12.5 Å². The highest BCUT2D eigenvalue weighted by molar-refractivity contribution is 6.31. The second kappa shape index (κ2) is 5.03. The highest BCUT2D eigenvalue weighted by atomic mass is 35.5. The van der Waals surface area contributed by atoms with Crippen molar-refractivity contribution in [2.75, 3.05) is 0 Å². The Kier molecular flexibility index (Phi) is 3.47. The summed E-state index contributed by atoms with van der Waals surface area (Å²) >= 11 is 6.07. The Hall–Kier alpha value is -1.48. The summed E-state index contributed by atoms with van der Waals surface area (Å²) in [6.45, 7) is 3.24. The number of nitrogens with zero attached hydrogens (tertiary/aromatic N) is 2. The van der Waals surface area contributed by atoms with Gasteiger partial charge in [-0.3, -0.25) is 4.68 Å². The lowest BCUT2D eigenvalue weighted by Gasteiger charge is -2.04. The first-order chi connectivity index (χ1) is 7.81. The lowest BCUT2D eigenvalue weighted by Crippen LogP contribution is -1.97. The van der Waals surface area contributed by atoms with Crippen LogP contribution in [0.5, 0.6) is 5.75 Å². The summed E-state index contributed by atoms with van der Waals surface area (Å²) in [6, 6.07) is 9.97. The number of ether oxygens (including phenoxy) is 1. The Balaban J connectivity index is 2.02. The van der Waals surface area contributed by atoms with E-state index >= 15 is 0 Å². The molecule has 2 rings (SSSR count). The molecule has 0 N–H and O–H groups in total. The van der Waals surface area contributed by atoms with Gasteiger partial charge in [-0.25, -0.2) is 0 Å². The van der Waals surface area contributed by atoms with E-state index in [-0.39, 0.29) is 0 Å². The van der Waals surface area contributed by atoms with Crippen molar-refractivity contribution in [2.45, 2.75) is 20.1 Å². The molecule has 1 aromatic carbocycles. The molecule has 0 bridgehead atoms. The molecule has 0 radical (unpaired) electrons. The van der Waals surface area contributed by atoms with Gasteiger partial charge < -0.3 is 4.74 Å². The molecule has 0 atom stereocenters. The zero-order valence-corrected chi connectivity index (χ0v) is 9.81. The number of benzene rings is 1. The summed E-state index contributed by atoms with van der Waals surface area (Å²) in [5.41, 5.74) is 1.11. The first-order valence-corrected chi connectivity index (χ1v) is 5.57. The van der Waals surface area contributed by atoms with Gasteiger partial charge in [-0.1, -0.05) is 41.9 Å². The number of aryl methyl sites for hydroxylation is 1. The topological polar surface area (TPSA) is 27.1 Å². The standard InChI is InChI=1S/C12H13ClN2O/c1-2-15-12(13)11(8-14-15)16-9-10-6-4-3-5-7-10/h3-8H,2,9H2,1H3. The minimum absolute atomic E-state index is 0.510. The maximum absolute atomic E-state index is 6.07. The van der Waals surface area contributed by atoms with E-state index in [0.717, 1.165) is 12.1 Å². The zero-order valence-electron chi connectivity index (χ0n) is 9.06. The van der Waals surface area contributed by atoms with E-state index in [1.54, 1.807) is 10.9 Å². The van der Waals surface area contributed by atoms with Gasteiger partial charge in [-0.15, -0.1) is 0 Å². The number of hydrogen-bond acceptors (Lipinski definition) is 2. The van der Waals surface area contributed by atoms with Crippen LogP contribution in [0.1, 0.15) is 12.5 Å². The van der Waals surface area contributed by atoms with E-state index in [4.69, 9.17) is 16.3 Å². The van der Waals surface area contributed by atoms with Gasteiger partial charge in [0.2, 0.25) is 0 Å². The third-order valence-electron chi connectivity index (χ3n) is 2.28. The molecule has 0 unspecified atom stereocenters. The van der Waals surface area contributed by atoms with Crippen molar-refractivity contribution in [3.05, 3.63) is 47.2 Å². The average molecular weight is 237 g/mol. The molecule has 4 heteroatoms. The van der Waals surface area contributed by atoms with Crippen LogP contribution in [-0.4, -0.2) is 9.78 Å². The van der Waals surface area contributed by atoms with Crippen molar-refractivity contribution in [3.8, 4) is 5.75 Å². The summed E-state index contributed by atoms with van der Waals surface area (Å²) in [5.74, 6) is 0.632. The SMILES string of the molecule is CCn1ncc(OCc2ccccc2)c1Cl. The van der Waals surface area contributed by atoms with Crippen molar-refractivity contribution in [1.82, 2.24) is 9.78 Å². The molecule has 3 nitrogen and oxygen atoms in total. The van der Waals surface area contributed by atoms with Crippen LogP contribution in [0.4, 0.5) is 0 Å². The molecule has 16 heavy (non-hydrogen) atoms. The molecule has 0 aliphatic rings. The van der Waals surface area contributed by atoms with Gasteiger partial charge in [0.05, 0.1) is 6.20 Å². The maximum atomic E-state index is 6.07. The zero-order chi connectivity index (χ0) is 11.4. The number of rotatable bonds is 4. The van der Waals surface area contributed by atoms with Crippen molar-refractivity contribution < 1.29 is 4.74 Å². The van der Waals surface area contributed by atoms with Crippen molar-refractivity contribution >= 4 is 11.6 Å². The number of halogens is 1. The molecule has 0 aliphatic carbocycles. The van der Waals surface area contributed by atoms with Crippen molar-refractivity contribution in [2.24, 2.45) is 0 Å². The molecule has 0 fully saturated rings. The predicted octanol–water partition coefficient (Wildman–Crippen LogP) is 3.14. The molecular formula is C12H13ClN2O. The molecule has 1 heterocycles. The molecule has 2 aromatic rings. The highest BCUT2D eigenvalue weighted by Gasteiger charge is 2.07. The fourth-order valence-corrected chi connectivity index (χ4v) is 1.67. The molecule has 84 valence electrons. The van der Waals surface area contributed by atoms with Crippen LogP contribution in [0, 0.1) is 0 Å². The van der Waals surface area contributed by atoms with Gasteiger partial charge >= 0.3 is 0 Å². The largest absolute Gasteiger partial charge is 0.484 e. The molecule has 0 spiro atoms. The van der Waals surface area contributed by atoms with E-state index in [0.29, 0.717) is 17.5 Å². The fourth-order valence-electron chi connectivity index (χ4n) is 1.41. The minimum atomic E-state index is 0.510. The van der Waals surface area contributed by atoms with E-state index < -0.39 is 0 Å². The molecule has 0 saturated carbocycles. The number of aromatic nitrogens is 2. The smallest absolute Gasteiger partial charge is 0.176 e. The summed E-state index contributed by atoms with van der Waals surface area (Å²) in [4.78, 5) is 0. The third-order valence-corrected chi connectivity index (χ3v) is 2.66. The maximum Gasteiger partial charge on any atom is 0.176 e. The molecule has 0 amide bonds. The van der Waals surface area contributed by atoms with Gasteiger partial charge in [0.1, 0.15) is 6.61 Å². The van der Waals surface area contributed by atoms with E-state index in [9.17, 15) is 0 Å². The van der Waals surface area contributed by atoms with Crippen LogP contribution in [0.3, 0.4) is 0 Å². The predicted molar refractivity (Wildman–Crippen MR) is 63.7 cm³/mol. The lowest BCUT2D eigenvalue weighted by atomic mass is 10.2. The summed E-state index contributed by atoms with van der Waals surface area (Å²) in [6.07, 6.45) is 1.65. The summed E-state index contributed by atoms with van der Waals surface area (Å²) in [5, 5.41) is 4.66. The lowest BCUT2D eigenvalue weighted by molar-refractivity contribution is 0.306. The molecule has 0 saturated heterocycles. The van der Waals surface area contributed by atoms with Gasteiger partial charge in [0.25, 0.3) is 0 Å². The molecule has 1 aromatic heterocycles.